The average Bonchev–Trinajstić information content (AvgIpc) is 2.87. The first-order chi connectivity index (χ1) is 17.9. The summed E-state index contributed by atoms with van der Waals surface area (Å²) in [5, 5.41) is 15.8. The van der Waals surface area contributed by atoms with E-state index in [1.807, 2.05) is 0 Å². The molecule has 2 unspecified atom stereocenters. The molecule has 0 radical (unpaired) electrons. The van der Waals surface area contributed by atoms with Crippen molar-refractivity contribution in [1.82, 2.24) is 16.0 Å². The first-order valence-corrected chi connectivity index (χ1v) is 12.3. The number of rotatable bonds is 16. The summed E-state index contributed by atoms with van der Waals surface area (Å²) in [4.78, 5) is 69.2. The van der Waals surface area contributed by atoms with E-state index in [9.17, 15) is 28.8 Å². The molecule has 0 aliphatic heterocycles. The summed E-state index contributed by atoms with van der Waals surface area (Å²) in [6, 6.07) is 3.33. The molecule has 3 atom stereocenters. The minimum Gasteiger partial charge on any atom is -0.482 e. The van der Waals surface area contributed by atoms with Gasteiger partial charge in [0.05, 0.1) is 18.3 Å². The van der Waals surface area contributed by atoms with Gasteiger partial charge in [0.1, 0.15) is 17.8 Å². The van der Waals surface area contributed by atoms with Gasteiger partial charge in [0.15, 0.2) is 6.61 Å². The maximum absolute atomic E-state index is 12.2. The highest BCUT2D eigenvalue weighted by molar-refractivity contribution is 8.00. The van der Waals surface area contributed by atoms with Crippen molar-refractivity contribution in [3.8, 4) is 5.75 Å². The lowest BCUT2D eigenvalue weighted by atomic mass is 10.1. The lowest BCUT2D eigenvalue weighted by Gasteiger charge is -2.16. The number of carbonyl (C=O) groups is 6. The van der Waals surface area contributed by atoms with Crippen molar-refractivity contribution in [3.05, 3.63) is 29.8 Å². The number of benzene rings is 1. The molecule has 38 heavy (non-hydrogen) atoms. The first-order valence-electron chi connectivity index (χ1n) is 11.2. The van der Waals surface area contributed by atoms with Crippen LogP contribution in [-0.2, 0) is 35.2 Å². The van der Waals surface area contributed by atoms with Gasteiger partial charge >= 0.3 is 5.97 Å². The summed E-state index contributed by atoms with van der Waals surface area (Å²) in [7, 11) is 1.50. The summed E-state index contributed by atoms with van der Waals surface area (Å²) in [5.41, 5.74) is 21.3. The zero-order chi connectivity index (χ0) is 29.3. The SMILES string of the molecule is CC(NC(=O)C(N)CSCC(=O)NCC(=O)N[C@@H](Cc1ccc(OCC(=O)O)cc1)C(N)=O)C(N)=O.CN. The third-order valence-corrected chi connectivity index (χ3v) is 5.56. The Morgan fingerprint density at radius 3 is 2.11 bits per heavy atom. The number of hydrogen-bond acceptors (Lipinski definition) is 10. The van der Waals surface area contributed by atoms with E-state index >= 15 is 0 Å². The van der Waals surface area contributed by atoms with E-state index in [4.69, 9.17) is 27.0 Å². The van der Waals surface area contributed by atoms with E-state index < -0.39 is 66.8 Å². The number of amides is 5. The predicted octanol–water partition coefficient (Wildman–Crippen LogP) is -3.60. The first kappa shape index (κ1) is 34.1. The van der Waals surface area contributed by atoms with Crippen LogP contribution in [0.15, 0.2) is 24.3 Å². The van der Waals surface area contributed by atoms with Crippen molar-refractivity contribution in [2.24, 2.45) is 22.9 Å². The van der Waals surface area contributed by atoms with Crippen LogP contribution in [0.2, 0.25) is 0 Å². The van der Waals surface area contributed by atoms with Gasteiger partial charge < -0.3 is 48.7 Å². The minimum atomic E-state index is -1.12. The van der Waals surface area contributed by atoms with E-state index in [1.165, 1.54) is 26.1 Å². The van der Waals surface area contributed by atoms with Gasteiger partial charge in [-0.25, -0.2) is 4.79 Å². The van der Waals surface area contributed by atoms with Crippen molar-refractivity contribution in [3.63, 3.8) is 0 Å². The lowest BCUT2D eigenvalue weighted by Crippen LogP contribution is -2.50. The summed E-state index contributed by atoms with van der Waals surface area (Å²) >= 11 is 1.05. The van der Waals surface area contributed by atoms with Gasteiger partial charge in [-0.1, -0.05) is 12.1 Å². The Morgan fingerprint density at radius 1 is 0.974 bits per heavy atom. The zero-order valence-electron chi connectivity index (χ0n) is 21.1. The largest absolute Gasteiger partial charge is 0.482 e. The third-order valence-electron chi connectivity index (χ3n) is 4.50. The number of thioether (sulfide) groups is 1. The highest BCUT2D eigenvalue weighted by Gasteiger charge is 2.20. The van der Waals surface area contributed by atoms with Gasteiger partial charge in [-0.2, -0.15) is 0 Å². The van der Waals surface area contributed by atoms with Gasteiger partial charge in [0.2, 0.25) is 29.5 Å². The summed E-state index contributed by atoms with van der Waals surface area (Å²) in [5.74, 6) is -4.03. The van der Waals surface area contributed by atoms with E-state index in [1.54, 1.807) is 12.1 Å². The molecule has 0 bridgehead atoms. The van der Waals surface area contributed by atoms with Gasteiger partial charge in [-0.15, -0.1) is 11.8 Å². The predicted molar refractivity (Wildman–Crippen MR) is 140 cm³/mol. The van der Waals surface area contributed by atoms with Crippen molar-refractivity contribution in [2.75, 3.05) is 31.7 Å². The Labute approximate surface area is 223 Å². The molecule has 0 aliphatic rings. The number of hydrogen-bond donors (Lipinski definition) is 8. The molecule has 12 N–H and O–H groups in total. The number of nitrogens with two attached hydrogens (primary N) is 4. The highest BCUT2D eigenvalue weighted by atomic mass is 32.2. The fourth-order valence-corrected chi connectivity index (χ4v) is 3.36. The molecule has 0 aliphatic carbocycles. The van der Waals surface area contributed by atoms with Crippen LogP contribution in [0.4, 0.5) is 0 Å². The highest BCUT2D eigenvalue weighted by Crippen LogP contribution is 2.13. The van der Waals surface area contributed by atoms with Crippen molar-refractivity contribution in [1.29, 1.82) is 0 Å². The Morgan fingerprint density at radius 2 is 1.58 bits per heavy atom. The molecule has 1 aromatic rings. The molecule has 16 heteroatoms. The van der Waals surface area contributed by atoms with E-state index in [0.717, 1.165) is 11.8 Å². The molecule has 0 spiro atoms. The second kappa shape index (κ2) is 18.4. The number of aliphatic carboxylic acids is 1. The maximum Gasteiger partial charge on any atom is 0.341 e. The molecule has 5 amide bonds. The summed E-state index contributed by atoms with van der Waals surface area (Å²) < 4.78 is 5.02. The Bertz CT molecular complexity index is 962. The van der Waals surface area contributed by atoms with Crippen LogP contribution in [0.3, 0.4) is 0 Å². The number of primary amides is 2. The molecule has 0 aromatic heterocycles. The van der Waals surface area contributed by atoms with Crippen LogP contribution in [0.25, 0.3) is 0 Å². The third kappa shape index (κ3) is 14.6. The fraction of sp³-hybridized carbons (Fsp3) is 0.455. The Kier molecular flexibility index (Phi) is 16.5. The second-order valence-corrected chi connectivity index (χ2v) is 8.61. The van der Waals surface area contributed by atoms with Gasteiger partial charge in [0.25, 0.3) is 0 Å². The normalized spacial score (nSPS) is 12.4. The van der Waals surface area contributed by atoms with Crippen molar-refractivity contribution >= 4 is 47.3 Å². The number of carboxylic acid groups (broad SMARTS) is 1. The number of carbonyl (C=O) groups excluding carboxylic acids is 5. The molecule has 15 nitrogen and oxygen atoms in total. The summed E-state index contributed by atoms with van der Waals surface area (Å²) in [6.07, 6.45) is 0.0679. The van der Waals surface area contributed by atoms with Gasteiger partial charge in [-0.3, -0.25) is 24.0 Å². The maximum atomic E-state index is 12.2. The van der Waals surface area contributed by atoms with Crippen LogP contribution < -0.4 is 43.6 Å². The molecular weight excluding hydrogens is 522 g/mol. The van der Waals surface area contributed by atoms with Gasteiger partial charge in [-0.05, 0) is 31.7 Å². The molecule has 0 heterocycles. The number of carboxylic acids is 1. The Hall–Kier alpha value is -3.89. The summed E-state index contributed by atoms with van der Waals surface area (Å²) in [6.45, 7) is 0.507. The second-order valence-electron chi connectivity index (χ2n) is 7.58. The quantitative estimate of drug-likeness (QED) is 0.0983. The molecule has 212 valence electrons. The average molecular weight is 558 g/mol. The molecule has 0 saturated carbocycles. The fourth-order valence-electron chi connectivity index (χ4n) is 2.55. The van der Waals surface area contributed by atoms with Crippen LogP contribution in [0.1, 0.15) is 12.5 Å². The monoisotopic (exact) mass is 557 g/mol. The molecular formula is C22H35N7O8S. The van der Waals surface area contributed by atoms with Gasteiger partial charge in [0, 0.05) is 12.2 Å². The minimum absolute atomic E-state index is 0.0679. The topological polar surface area (TPSA) is 272 Å². The van der Waals surface area contributed by atoms with Crippen molar-refractivity contribution < 1.29 is 38.6 Å². The van der Waals surface area contributed by atoms with Crippen LogP contribution >= 0.6 is 11.8 Å². The molecule has 1 aromatic carbocycles. The lowest BCUT2D eigenvalue weighted by molar-refractivity contribution is -0.139. The van der Waals surface area contributed by atoms with Crippen LogP contribution in [0, 0.1) is 0 Å². The zero-order valence-corrected chi connectivity index (χ0v) is 21.9. The Balaban J connectivity index is 0.00000667. The number of ether oxygens (including phenoxy) is 1. The van der Waals surface area contributed by atoms with Crippen LogP contribution in [0.5, 0.6) is 5.75 Å². The van der Waals surface area contributed by atoms with E-state index in [0.29, 0.717) is 11.3 Å². The standard InChI is InChI=1S/C21H30N6O8S.CH5N/c1-11(19(23)32)26-21(34)14(22)9-36-10-17(29)25-7-16(28)27-15(20(24)33)6-12-2-4-13(5-3-12)35-8-18(30)31;1-2/h2-5,11,14-15H,6-10,22H2,1H3,(H2,23,32)(H2,24,33)(H,25,29)(H,26,34)(H,27,28)(H,30,31);2H2,1H3/t11?,14?,15-;/m0./s1. The molecule has 0 fully saturated rings. The van der Waals surface area contributed by atoms with Crippen LogP contribution in [-0.4, -0.2) is 90.4 Å². The molecule has 1 rings (SSSR count). The van der Waals surface area contributed by atoms with E-state index in [2.05, 4.69) is 21.7 Å². The molecule has 0 saturated heterocycles. The van der Waals surface area contributed by atoms with E-state index in [-0.39, 0.29) is 17.9 Å². The smallest absolute Gasteiger partial charge is 0.341 e. The van der Waals surface area contributed by atoms with Crippen molar-refractivity contribution in [2.45, 2.75) is 31.5 Å². The number of nitrogens with one attached hydrogen (secondary N) is 3.